The zero-order chi connectivity index (χ0) is 18.0. The molecule has 0 bridgehead atoms. The van der Waals surface area contributed by atoms with Crippen LogP contribution in [0.4, 0.5) is 10.6 Å². The van der Waals surface area contributed by atoms with Gasteiger partial charge in [-0.3, -0.25) is 0 Å². The first kappa shape index (κ1) is 18.0. The first-order valence-electron chi connectivity index (χ1n) is 9.14. The monoisotopic (exact) mass is 347 g/mol. The molecule has 138 valence electrons. The second-order valence-corrected chi connectivity index (χ2v) is 7.83. The van der Waals surface area contributed by atoms with E-state index < -0.39 is 5.60 Å². The summed E-state index contributed by atoms with van der Waals surface area (Å²) < 4.78 is 11.0. The highest BCUT2D eigenvalue weighted by atomic mass is 16.6. The van der Waals surface area contributed by atoms with Crippen molar-refractivity contribution in [3.63, 3.8) is 0 Å². The van der Waals surface area contributed by atoms with Crippen molar-refractivity contribution in [1.29, 1.82) is 0 Å². The SMILES string of the molecule is Cc1cc(N2CCOCC2)ncc1[C@@H]1CCCN1C(=O)OC(C)(C)C. The van der Waals surface area contributed by atoms with Crippen molar-refractivity contribution in [3.05, 3.63) is 23.4 Å². The highest BCUT2D eigenvalue weighted by Crippen LogP contribution is 2.35. The largest absolute Gasteiger partial charge is 0.444 e. The van der Waals surface area contributed by atoms with Crippen molar-refractivity contribution in [3.8, 4) is 0 Å². The van der Waals surface area contributed by atoms with Gasteiger partial charge in [0.15, 0.2) is 0 Å². The number of likely N-dealkylation sites (tertiary alicyclic amines) is 1. The van der Waals surface area contributed by atoms with Crippen molar-refractivity contribution in [1.82, 2.24) is 9.88 Å². The summed E-state index contributed by atoms with van der Waals surface area (Å²) in [4.78, 5) is 21.3. The molecule has 0 radical (unpaired) electrons. The Labute approximate surface area is 150 Å². The molecular weight excluding hydrogens is 318 g/mol. The number of rotatable bonds is 2. The molecule has 0 saturated carbocycles. The molecule has 0 aromatic carbocycles. The maximum absolute atomic E-state index is 12.5. The van der Waals surface area contributed by atoms with Crippen molar-refractivity contribution in [2.75, 3.05) is 37.7 Å². The topological polar surface area (TPSA) is 54.9 Å². The zero-order valence-electron chi connectivity index (χ0n) is 15.7. The van der Waals surface area contributed by atoms with Gasteiger partial charge in [0.2, 0.25) is 0 Å². The lowest BCUT2D eigenvalue weighted by Crippen LogP contribution is -2.37. The second kappa shape index (κ2) is 7.20. The van der Waals surface area contributed by atoms with Crippen LogP contribution < -0.4 is 4.90 Å². The molecule has 1 aromatic heterocycles. The Bertz CT molecular complexity index is 621. The summed E-state index contributed by atoms with van der Waals surface area (Å²) in [5.74, 6) is 0.992. The van der Waals surface area contributed by atoms with Gasteiger partial charge in [0.1, 0.15) is 11.4 Å². The van der Waals surface area contributed by atoms with Gasteiger partial charge < -0.3 is 19.3 Å². The van der Waals surface area contributed by atoms with Crippen LogP contribution in [0.1, 0.15) is 50.8 Å². The Morgan fingerprint density at radius 2 is 2.00 bits per heavy atom. The van der Waals surface area contributed by atoms with E-state index in [0.717, 1.165) is 57.1 Å². The van der Waals surface area contributed by atoms with Gasteiger partial charge in [0, 0.05) is 25.8 Å². The Hall–Kier alpha value is -1.82. The quantitative estimate of drug-likeness (QED) is 0.822. The van der Waals surface area contributed by atoms with Gasteiger partial charge in [-0.05, 0) is 57.7 Å². The van der Waals surface area contributed by atoms with Gasteiger partial charge in [-0.25, -0.2) is 9.78 Å². The number of ether oxygens (including phenoxy) is 2. The molecule has 3 heterocycles. The number of carbonyl (C=O) groups excluding carboxylic acids is 1. The number of nitrogens with zero attached hydrogens (tertiary/aromatic N) is 3. The summed E-state index contributed by atoms with van der Waals surface area (Å²) in [6, 6.07) is 2.19. The fourth-order valence-electron chi connectivity index (χ4n) is 3.50. The van der Waals surface area contributed by atoms with Crippen molar-refractivity contribution in [2.45, 2.75) is 52.2 Å². The van der Waals surface area contributed by atoms with Crippen LogP contribution in [0.2, 0.25) is 0 Å². The number of morpholine rings is 1. The van der Waals surface area contributed by atoms with Crippen LogP contribution in [0.3, 0.4) is 0 Å². The Morgan fingerprint density at radius 3 is 2.64 bits per heavy atom. The van der Waals surface area contributed by atoms with E-state index in [4.69, 9.17) is 9.47 Å². The third-order valence-electron chi connectivity index (χ3n) is 4.71. The fraction of sp³-hybridized carbons (Fsp3) is 0.684. The minimum absolute atomic E-state index is 0.0566. The third kappa shape index (κ3) is 4.24. The average molecular weight is 347 g/mol. The number of hydrogen-bond acceptors (Lipinski definition) is 5. The van der Waals surface area contributed by atoms with Crippen LogP contribution in [0.5, 0.6) is 0 Å². The van der Waals surface area contributed by atoms with E-state index in [1.807, 2.05) is 31.9 Å². The first-order valence-corrected chi connectivity index (χ1v) is 9.14. The molecule has 6 heteroatoms. The van der Waals surface area contributed by atoms with Gasteiger partial charge in [-0.15, -0.1) is 0 Å². The van der Waals surface area contributed by atoms with Crippen LogP contribution >= 0.6 is 0 Å². The van der Waals surface area contributed by atoms with Gasteiger partial charge in [-0.1, -0.05) is 0 Å². The van der Waals surface area contributed by atoms with Crippen LogP contribution in [0, 0.1) is 6.92 Å². The number of anilines is 1. The van der Waals surface area contributed by atoms with E-state index in [-0.39, 0.29) is 12.1 Å². The summed E-state index contributed by atoms with van der Waals surface area (Å²) in [5, 5.41) is 0. The Morgan fingerprint density at radius 1 is 1.28 bits per heavy atom. The van der Waals surface area contributed by atoms with E-state index in [2.05, 4.69) is 22.9 Å². The molecule has 3 rings (SSSR count). The number of aryl methyl sites for hydroxylation is 1. The molecule has 1 aromatic rings. The molecule has 0 unspecified atom stereocenters. The van der Waals surface area contributed by atoms with Gasteiger partial charge in [-0.2, -0.15) is 0 Å². The molecular formula is C19H29N3O3. The lowest BCUT2D eigenvalue weighted by molar-refractivity contribution is 0.0224. The minimum Gasteiger partial charge on any atom is -0.444 e. The molecule has 2 saturated heterocycles. The first-order chi connectivity index (χ1) is 11.8. The van der Waals surface area contributed by atoms with Gasteiger partial charge in [0.05, 0.1) is 19.3 Å². The molecule has 2 aliphatic heterocycles. The zero-order valence-corrected chi connectivity index (χ0v) is 15.7. The number of carbonyl (C=O) groups is 1. The third-order valence-corrected chi connectivity index (χ3v) is 4.71. The predicted octanol–water partition coefficient (Wildman–Crippen LogP) is 3.30. The molecule has 2 fully saturated rings. The number of hydrogen-bond donors (Lipinski definition) is 0. The van der Waals surface area contributed by atoms with Crippen LogP contribution in [-0.2, 0) is 9.47 Å². The van der Waals surface area contributed by atoms with Gasteiger partial charge in [0.25, 0.3) is 0 Å². The fourth-order valence-corrected chi connectivity index (χ4v) is 3.50. The Kier molecular flexibility index (Phi) is 5.18. The predicted molar refractivity (Wildman–Crippen MR) is 96.9 cm³/mol. The maximum atomic E-state index is 12.5. The summed E-state index contributed by atoms with van der Waals surface area (Å²) in [7, 11) is 0. The number of pyridine rings is 1. The van der Waals surface area contributed by atoms with Crippen LogP contribution in [0.15, 0.2) is 12.3 Å². The van der Waals surface area contributed by atoms with Crippen LogP contribution in [-0.4, -0.2) is 54.4 Å². The molecule has 0 N–H and O–H groups in total. The minimum atomic E-state index is -0.474. The Balaban J connectivity index is 1.77. The van der Waals surface area contributed by atoms with E-state index in [1.165, 1.54) is 5.56 Å². The van der Waals surface area contributed by atoms with E-state index in [9.17, 15) is 4.79 Å². The molecule has 25 heavy (non-hydrogen) atoms. The van der Waals surface area contributed by atoms with Crippen LogP contribution in [0.25, 0.3) is 0 Å². The summed E-state index contributed by atoms with van der Waals surface area (Å²) in [5.41, 5.74) is 1.83. The number of amides is 1. The highest BCUT2D eigenvalue weighted by Gasteiger charge is 2.34. The molecule has 0 aliphatic carbocycles. The summed E-state index contributed by atoms with van der Waals surface area (Å²) in [6.07, 6.45) is 3.66. The average Bonchev–Trinajstić information content (AvgIpc) is 3.03. The van der Waals surface area contributed by atoms with Crippen molar-refractivity contribution in [2.24, 2.45) is 0 Å². The van der Waals surface area contributed by atoms with Crippen molar-refractivity contribution >= 4 is 11.9 Å². The van der Waals surface area contributed by atoms with E-state index in [0.29, 0.717) is 0 Å². The van der Waals surface area contributed by atoms with E-state index >= 15 is 0 Å². The molecule has 2 aliphatic rings. The number of aromatic nitrogens is 1. The standard InChI is InChI=1S/C19H29N3O3/c1-14-12-17(21-8-10-24-11-9-21)20-13-15(14)16-6-5-7-22(16)18(23)25-19(2,3)4/h12-13,16H,5-11H2,1-4H3/t16-/m0/s1. The van der Waals surface area contributed by atoms with E-state index in [1.54, 1.807) is 0 Å². The lowest BCUT2D eigenvalue weighted by atomic mass is 10.0. The molecule has 0 spiro atoms. The summed E-state index contributed by atoms with van der Waals surface area (Å²) >= 11 is 0. The normalized spacial score (nSPS) is 21.5. The summed E-state index contributed by atoms with van der Waals surface area (Å²) in [6.45, 7) is 11.8. The second-order valence-electron chi connectivity index (χ2n) is 7.83. The maximum Gasteiger partial charge on any atom is 0.410 e. The highest BCUT2D eigenvalue weighted by molar-refractivity contribution is 5.69. The lowest BCUT2D eigenvalue weighted by Gasteiger charge is -2.31. The molecule has 1 atom stereocenters. The van der Waals surface area contributed by atoms with Crippen molar-refractivity contribution < 1.29 is 14.3 Å². The van der Waals surface area contributed by atoms with Gasteiger partial charge >= 0.3 is 6.09 Å². The molecule has 6 nitrogen and oxygen atoms in total. The smallest absolute Gasteiger partial charge is 0.410 e. The molecule has 1 amide bonds.